The summed E-state index contributed by atoms with van der Waals surface area (Å²) in [6.07, 6.45) is 0.310. The molecule has 0 bridgehead atoms. The summed E-state index contributed by atoms with van der Waals surface area (Å²) in [6, 6.07) is 16.8. The van der Waals surface area contributed by atoms with Gasteiger partial charge in [-0.1, -0.05) is 29.8 Å². The molecule has 0 N–H and O–H groups in total. The Labute approximate surface area is 205 Å². The van der Waals surface area contributed by atoms with Crippen molar-refractivity contribution < 1.29 is 27.4 Å². The van der Waals surface area contributed by atoms with E-state index in [9.17, 15) is 8.42 Å². The molecule has 0 saturated carbocycles. The van der Waals surface area contributed by atoms with Gasteiger partial charge in [0.1, 0.15) is 11.5 Å². The van der Waals surface area contributed by atoms with E-state index >= 15 is 0 Å². The Hall–Kier alpha value is -3.72. The first kappa shape index (κ1) is 24.4. The number of hydrogen-bond donors (Lipinski definition) is 0. The number of hydrogen-bond acceptors (Lipinski definition) is 7. The number of rotatable bonds is 8. The third-order valence-corrected chi connectivity index (χ3v) is 7.61. The standard InChI is InChI=1S/C26H28N2O6S/c1-17-9-11-21(12-10-17)35(29,30)28-24(22-7-6-8-25(33-4)26(22)34-5)16-23(27-28)18-13-19(31-2)15-20(14-18)32-3/h6-15,24H,16H2,1-5H3/t24-/m0/s1. The Morgan fingerprint density at radius 3 is 2.09 bits per heavy atom. The molecule has 1 aliphatic rings. The van der Waals surface area contributed by atoms with Crippen LogP contribution in [0, 0.1) is 6.92 Å². The van der Waals surface area contributed by atoms with Gasteiger partial charge in [-0.15, -0.1) is 0 Å². The average Bonchev–Trinajstić information content (AvgIpc) is 3.34. The van der Waals surface area contributed by atoms with Crippen molar-refractivity contribution >= 4 is 15.7 Å². The van der Waals surface area contributed by atoms with Crippen LogP contribution < -0.4 is 18.9 Å². The second-order valence-electron chi connectivity index (χ2n) is 8.04. The fourth-order valence-electron chi connectivity index (χ4n) is 4.08. The highest BCUT2D eigenvalue weighted by atomic mass is 32.2. The van der Waals surface area contributed by atoms with Crippen molar-refractivity contribution in [2.45, 2.75) is 24.3 Å². The second kappa shape index (κ2) is 9.87. The highest BCUT2D eigenvalue weighted by Gasteiger charge is 2.39. The van der Waals surface area contributed by atoms with Gasteiger partial charge in [0.05, 0.1) is 45.1 Å². The normalized spacial score (nSPS) is 15.5. The summed E-state index contributed by atoms with van der Waals surface area (Å²) < 4.78 is 50.7. The smallest absolute Gasteiger partial charge is 0.279 e. The van der Waals surface area contributed by atoms with Crippen LogP contribution in [0.5, 0.6) is 23.0 Å². The zero-order chi connectivity index (χ0) is 25.2. The van der Waals surface area contributed by atoms with Crippen LogP contribution in [-0.4, -0.2) is 47.0 Å². The predicted molar refractivity (Wildman–Crippen MR) is 133 cm³/mol. The van der Waals surface area contributed by atoms with Crippen molar-refractivity contribution in [3.63, 3.8) is 0 Å². The number of ether oxygens (including phenoxy) is 4. The van der Waals surface area contributed by atoms with Crippen LogP contribution in [-0.2, 0) is 10.0 Å². The molecule has 0 fully saturated rings. The molecule has 0 saturated heterocycles. The first-order chi connectivity index (χ1) is 16.8. The van der Waals surface area contributed by atoms with E-state index in [1.807, 2.05) is 25.1 Å². The van der Waals surface area contributed by atoms with Crippen molar-refractivity contribution in [3.05, 3.63) is 77.4 Å². The Morgan fingerprint density at radius 1 is 0.857 bits per heavy atom. The van der Waals surface area contributed by atoms with Gasteiger partial charge in [0.25, 0.3) is 10.0 Å². The van der Waals surface area contributed by atoms with Crippen LogP contribution in [0.25, 0.3) is 0 Å². The molecular weight excluding hydrogens is 468 g/mol. The van der Waals surface area contributed by atoms with E-state index < -0.39 is 16.1 Å². The van der Waals surface area contributed by atoms with Gasteiger partial charge in [-0.05, 0) is 37.3 Å². The highest BCUT2D eigenvalue weighted by molar-refractivity contribution is 7.89. The van der Waals surface area contributed by atoms with E-state index in [-0.39, 0.29) is 4.90 Å². The largest absolute Gasteiger partial charge is 0.497 e. The molecule has 0 unspecified atom stereocenters. The van der Waals surface area contributed by atoms with Gasteiger partial charge in [0.15, 0.2) is 11.5 Å². The fourth-order valence-corrected chi connectivity index (χ4v) is 5.51. The Kier molecular flexibility index (Phi) is 6.88. The Bertz CT molecular complexity index is 1330. The molecule has 1 aliphatic heterocycles. The topological polar surface area (TPSA) is 86.7 Å². The molecule has 0 radical (unpaired) electrons. The fraction of sp³-hybridized carbons (Fsp3) is 0.269. The molecule has 0 aromatic heterocycles. The summed E-state index contributed by atoms with van der Waals surface area (Å²) in [6.45, 7) is 1.91. The molecule has 1 atom stereocenters. The van der Waals surface area contributed by atoms with Crippen LogP contribution >= 0.6 is 0 Å². The first-order valence-corrected chi connectivity index (χ1v) is 12.4. The van der Waals surface area contributed by atoms with Crippen molar-refractivity contribution in [1.82, 2.24) is 4.41 Å². The van der Waals surface area contributed by atoms with Crippen LogP contribution in [0.1, 0.15) is 29.2 Å². The molecule has 1 heterocycles. The van der Waals surface area contributed by atoms with Gasteiger partial charge < -0.3 is 18.9 Å². The maximum Gasteiger partial charge on any atom is 0.279 e. The summed E-state index contributed by atoms with van der Waals surface area (Å²) in [4.78, 5) is 0.156. The van der Waals surface area contributed by atoms with Crippen molar-refractivity contribution in [3.8, 4) is 23.0 Å². The number of sulfonamides is 1. The number of hydrazone groups is 1. The van der Waals surface area contributed by atoms with E-state index in [2.05, 4.69) is 5.10 Å². The zero-order valence-corrected chi connectivity index (χ0v) is 21.1. The molecule has 184 valence electrons. The van der Waals surface area contributed by atoms with Gasteiger partial charge in [-0.25, -0.2) is 0 Å². The molecule has 3 aromatic rings. The number of nitrogens with zero attached hydrogens (tertiary/aromatic N) is 2. The van der Waals surface area contributed by atoms with Gasteiger partial charge >= 0.3 is 0 Å². The van der Waals surface area contributed by atoms with Gasteiger partial charge in [-0.3, -0.25) is 0 Å². The SMILES string of the molecule is COc1cc(OC)cc(C2=NN(S(=O)(=O)c3ccc(C)cc3)[C@H](c3cccc(OC)c3OC)C2)c1. The van der Waals surface area contributed by atoms with Gasteiger partial charge in [0.2, 0.25) is 0 Å². The number of aryl methyl sites for hydroxylation is 1. The van der Waals surface area contributed by atoms with Crippen LogP contribution in [0.3, 0.4) is 0 Å². The third-order valence-electron chi connectivity index (χ3n) is 5.91. The molecule has 0 spiro atoms. The van der Waals surface area contributed by atoms with Crippen LogP contribution in [0.2, 0.25) is 0 Å². The Morgan fingerprint density at radius 2 is 1.51 bits per heavy atom. The number of methoxy groups -OCH3 is 4. The Balaban J connectivity index is 1.88. The quantitative estimate of drug-likeness (QED) is 0.454. The van der Waals surface area contributed by atoms with Crippen molar-refractivity contribution in [1.29, 1.82) is 0 Å². The first-order valence-electron chi connectivity index (χ1n) is 10.9. The van der Waals surface area contributed by atoms with Gasteiger partial charge in [-0.2, -0.15) is 17.9 Å². The lowest BCUT2D eigenvalue weighted by atomic mass is 9.98. The van der Waals surface area contributed by atoms with Crippen LogP contribution in [0.4, 0.5) is 0 Å². The van der Waals surface area contributed by atoms with Crippen LogP contribution in [0.15, 0.2) is 70.7 Å². The average molecular weight is 497 g/mol. The molecule has 3 aromatic carbocycles. The minimum absolute atomic E-state index is 0.156. The monoisotopic (exact) mass is 496 g/mol. The lowest BCUT2D eigenvalue weighted by Gasteiger charge is -2.25. The molecule has 4 rings (SSSR count). The molecule has 35 heavy (non-hydrogen) atoms. The molecule has 0 amide bonds. The van der Waals surface area contributed by atoms with E-state index in [0.717, 1.165) is 9.98 Å². The molecule has 0 aliphatic carbocycles. The minimum Gasteiger partial charge on any atom is -0.497 e. The minimum atomic E-state index is -3.98. The summed E-state index contributed by atoms with van der Waals surface area (Å²) in [5.74, 6) is 2.13. The van der Waals surface area contributed by atoms with Gasteiger partial charge in [0, 0.05) is 23.6 Å². The lowest BCUT2D eigenvalue weighted by Crippen LogP contribution is -2.27. The number of para-hydroxylation sites is 1. The van der Waals surface area contributed by atoms with Crippen molar-refractivity contribution in [2.24, 2.45) is 5.10 Å². The number of benzene rings is 3. The highest BCUT2D eigenvalue weighted by Crippen LogP contribution is 2.44. The predicted octanol–water partition coefficient (Wildman–Crippen LogP) is 4.57. The second-order valence-corrected chi connectivity index (χ2v) is 9.84. The lowest BCUT2D eigenvalue weighted by molar-refractivity contribution is 0.328. The van der Waals surface area contributed by atoms with E-state index in [4.69, 9.17) is 18.9 Å². The molecule has 9 heteroatoms. The maximum absolute atomic E-state index is 13.8. The molecule has 8 nitrogen and oxygen atoms in total. The van der Waals surface area contributed by atoms with E-state index in [1.165, 1.54) is 7.11 Å². The summed E-state index contributed by atoms with van der Waals surface area (Å²) in [5.41, 5.74) is 2.89. The maximum atomic E-state index is 13.8. The summed E-state index contributed by atoms with van der Waals surface area (Å²) >= 11 is 0. The zero-order valence-electron chi connectivity index (χ0n) is 20.3. The van der Waals surface area contributed by atoms with Crippen molar-refractivity contribution in [2.75, 3.05) is 28.4 Å². The van der Waals surface area contributed by atoms with E-state index in [1.54, 1.807) is 63.8 Å². The summed E-state index contributed by atoms with van der Waals surface area (Å²) in [5, 5.41) is 4.62. The van der Waals surface area contributed by atoms with E-state index in [0.29, 0.717) is 46.3 Å². The summed E-state index contributed by atoms with van der Waals surface area (Å²) in [7, 11) is 2.22. The third kappa shape index (κ3) is 4.64. The molecular formula is C26H28N2O6S.